The SMILES string of the molecule is O=S(=O)(Cc1ccccc1)N1CCOc2ccc(Cl)cc21. The summed E-state index contributed by atoms with van der Waals surface area (Å²) in [5.41, 5.74) is 1.26. The van der Waals surface area contributed by atoms with Gasteiger partial charge in [-0.2, -0.15) is 0 Å². The minimum atomic E-state index is -3.47. The van der Waals surface area contributed by atoms with Crippen molar-refractivity contribution < 1.29 is 13.2 Å². The third-order valence-corrected chi connectivity index (χ3v) is 5.25. The minimum Gasteiger partial charge on any atom is -0.489 e. The Morgan fingerprint density at radius 2 is 1.90 bits per heavy atom. The zero-order chi connectivity index (χ0) is 14.9. The number of anilines is 1. The molecule has 21 heavy (non-hydrogen) atoms. The van der Waals surface area contributed by atoms with Crippen LogP contribution in [0.2, 0.25) is 5.02 Å². The van der Waals surface area contributed by atoms with Crippen LogP contribution in [0.15, 0.2) is 48.5 Å². The molecule has 0 aliphatic carbocycles. The van der Waals surface area contributed by atoms with Crippen LogP contribution in [0.25, 0.3) is 0 Å². The maximum absolute atomic E-state index is 12.7. The summed E-state index contributed by atoms with van der Waals surface area (Å²) in [5.74, 6) is 0.502. The molecule has 6 heteroatoms. The van der Waals surface area contributed by atoms with E-state index in [1.54, 1.807) is 30.3 Å². The quantitative estimate of drug-likeness (QED) is 0.872. The molecule has 2 aromatic rings. The second-order valence-corrected chi connectivity index (χ2v) is 7.10. The second kappa shape index (κ2) is 5.58. The molecule has 0 bridgehead atoms. The number of rotatable bonds is 3. The number of benzene rings is 2. The van der Waals surface area contributed by atoms with Crippen molar-refractivity contribution in [2.24, 2.45) is 0 Å². The van der Waals surface area contributed by atoms with Gasteiger partial charge in [0.05, 0.1) is 18.0 Å². The van der Waals surface area contributed by atoms with Crippen LogP contribution in [0.3, 0.4) is 0 Å². The zero-order valence-electron chi connectivity index (χ0n) is 11.2. The number of hydrogen-bond donors (Lipinski definition) is 0. The van der Waals surface area contributed by atoms with Crippen LogP contribution in [0, 0.1) is 0 Å². The molecule has 110 valence electrons. The van der Waals surface area contributed by atoms with Gasteiger partial charge in [-0.25, -0.2) is 8.42 Å². The van der Waals surface area contributed by atoms with Crippen LogP contribution in [0.5, 0.6) is 5.75 Å². The maximum atomic E-state index is 12.7. The summed E-state index contributed by atoms with van der Waals surface area (Å²) in [5, 5.41) is 0.485. The van der Waals surface area contributed by atoms with Crippen molar-refractivity contribution in [3.8, 4) is 5.75 Å². The Morgan fingerprint density at radius 1 is 1.14 bits per heavy atom. The lowest BCUT2D eigenvalue weighted by molar-refractivity contribution is 0.316. The molecule has 0 saturated heterocycles. The van der Waals surface area contributed by atoms with Crippen LogP contribution < -0.4 is 9.04 Å². The summed E-state index contributed by atoms with van der Waals surface area (Å²) in [4.78, 5) is 0. The second-order valence-electron chi connectivity index (χ2n) is 4.77. The average Bonchev–Trinajstić information content (AvgIpc) is 2.47. The molecule has 1 aliphatic rings. The van der Waals surface area contributed by atoms with Gasteiger partial charge >= 0.3 is 0 Å². The number of nitrogens with zero attached hydrogens (tertiary/aromatic N) is 1. The maximum Gasteiger partial charge on any atom is 0.239 e. The monoisotopic (exact) mass is 323 g/mol. The third-order valence-electron chi connectivity index (χ3n) is 3.27. The van der Waals surface area contributed by atoms with Crippen molar-refractivity contribution in [2.75, 3.05) is 17.5 Å². The van der Waals surface area contributed by atoms with Crippen molar-refractivity contribution in [3.05, 3.63) is 59.1 Å². The Morgan fingerprint density at radius 3 is 2.67 bits per heavy atom. The highest BCUT2D eigenvalue weighted by molar-refractivity contribution is 7.92. The van der Waals surface area contributed by atoms with Crippen molar-refractivity contribution >= 4 is 27.3 Å². The summed E-state index contributed by atoms with van der Waals surface area (Å²) in [6.07, 6.45) is 0. The van der Waals surface area contributed by atoms with Gasteiger partial charge in [0.25, 0.3) is 0 Å². The van der Waals surface area contributed by atoms with Crippen LogP contribution in [0.4, 0.5) is 5.69 Å². The molecule has 0 saturated carbocycles. The van der Waals surface area contributed by atoms with Gasteiger partial charge in [-0.3, -0.25) is 4.31 Å². The molecule has 0 fully saturated rings. The van der Waals surface area contributed by atoms with E-state index in [0.29, 0.717) is 29.6 Å². The molecular formula is C15H14ClNO3S. The van der Waals surface area contributed by atoms with Crippen molar-refractivity contribution in [3.63, 3.8) is 0 Å². The van der Waals surface area contributed by atoms with Crippen LogP contribution >= 0.6 is 11.6 Å². The van der Waals surface area contributed by atoms with Crippen LogP contribution in [-0.2, 0) is 15.8 Å². The molecular weight excluding hydrogens is 310 g/mol. The van der Waals surface area contributed by atoms with Crippen molar-refractivity contribution in [1.29, 1.82) is 0 Å². The fourth-order valence-corrected chi connectivity index (χ4v) is 4.05. The van der Waals surface area contributed by atoms with E-state index in [-0.39, 0.29) is 5.75 Å². The first kappa shape index (κ1) is 14.2. The summed E-state index contributed by atoms with van der Waals surface area (Å²) >= 11 is 5.98. The number of sulfonamides is 1. The van der Waals surface area contributed by atoms with E-state index in [1.165, 1.54) is 4.31 Å². The average molecular weight is 324 g/mol. The Hall–Kier alpha value is -1.72. The van der Waals surface area contributed by atoms with Gasteiger partial charge in [0.2, 0.25) is 10.0 Å². The molecule has 0 N–H and O–H groups in total. The van der Waals surface area contributed by atoms with Crippen LogP contribution in [-0.4, -0.2) is 21.6 Å². The first-order valence-corrected chi connectivity index (χ1v) is 8.52. The van der Waals surface area contributed by atoms with Gasteiger partial charge in [-0.15, -0.1) is 0 Å². The highest BCUT2D eigenvalue weighted by atomic mass is 35.5. The normalized spacial score (nSPS) is 14.4. The number of ether oxygens (including phenoxy) is 1. The van der Waals surface area contributed by atoms with E-state index in [4.69, 9.17) is 16.3 Å². The van der Waals surface area contributed by atoms with Crippen LogP contribution in [0.1, 0.15) is 5.56 Å². The van der Waals surface area contributed by atoms with Gasteiger partial charge in [0, 0.05) is 5.02 Å². The molecule has 0 spiro atoms. The summed E-state index contributed by atoms with van der Waals surface area (Å²) in [6.45, 7) is 0.630. The zero-order valence-corrected chi connectivity index (χ0v) is 12.8. The fraction of sp³-hybridized carbons (Fsp3) is 0.200. The van der Waals surface area contributed by atoms with E-state index in [0.717, 1.165) is 5.56 Å². The fourth-order valence-electron chi connectivity index (χ4n) is 2.32. The largest absolute Gasteiger partial charge is 0.489 e. The summed E-state index contributed by atoms with van der Waals surface area (Å²) < 4.78 is 32.2. The lowest BCUT2D eigenvalue weighted by Crippen LogP contribution is -2.38. The molecule has 1 heterocycles. The molecule has 4 nitrogen and oxygen atoms in total. The molecule has 0 radical (unpaired) electrons. The third kappa shape index (κ3) is 2.99. The molecule has 0 amide bonds. The highest BCUT2D eigenvalue weighted by Gasteiger charge is 2.28. The first-order valence-electron chi connectivity index (χ1n) is 6.53. The lowest BCUT2D eigenvalue weighted by Gasteiger charge is -2.30. The Kier molecular flexibility index (Phi) is 3.78. The van der Waals surface area contributed by atoms with Gasteiger partial charge in [-0.05, 0) is 23.8 Å². The first-order chi connectivity index (χ1) is 10.1. The molecule has 2 aromatic carbocycles. The van der Waals surface area contributed by atoms with Crippen molar-refractivity contribution in [1.82, 2.24) is 0 Å². The van der Waals surface area contributed by atoms with E-state index >= 15 is 0 Å². The molecule has 0 aromatic heterocycles. The van der Waals surface area contributed by atoms with Gasteiger partial charge < -0.3 is 4.74 Å². The van der Waals surface area contributed by atoms with E-state index in [9.17, 15) is 8.42 Å². The van der Waals surface area contributed by atoms with Gasteiger partial charge in [0.15, 0.2) is 0 Å². The summed E-state index contributed by atoms with van der Waals surface area (Å²) in [6, 6.07) is 14.1. The van der Waals surface area contributed by atoms with Gasteiger partial charge in [-0.1, -0.05) is 41.9 Å². The van der Waals surface area contributed by atoms with E-state index in [2.05, 4.69) is 0 Å². The minimum absolute atomic E-state index is 0.0419. The van der Waals surface area contributed by atoms with Crippen molar-refractivity contribution in [2.45, 2.75) is 5.75 Å². The van der Waals surface area contributed by atoms with Gasteiger partial charge in [0.1, 0.15) is 12.4 Å². The number of hydrogen-bond acceptors (Lipinski definition) is 3. The highest BCUT2D eigenvalue weighted by Crippen LogP contribution is 2.36. The smallest absolute Gasteiger partial charge is 0.239 e. The number of fused-ring (bicyclic) bond motifs is 1. The van der Waals surface area contributed by atoms with E-state index in [1.807, 2.05) is 18.2 Å². The molecule has 1 aliphatic heterocycles. The molecule has 0 unspecified atom stereocenters. The predicted octanol–water partition coefficient (Wildman–Crippen LogP) is 3.07. The Labute approximate surface area is 129 Å². The Balaban J connectivity index is 1.96. The molecule has 0 atom stereocenters. The molecule has 3 rings (SSSR count). The standard InChI is InChI=1S/C15H14ClNO3S/c16-13-6-7-15-14(10-13)17(8-9-20-15)21(18,19)11-12-4-2-1-3-5-12/h1-7,10H,8-9,11H2. The lowest BCUT2D eigenvalue weighted by atomic mass is 10.2. The Bertz CT molecular complexity index is 747. The number of halogens is 1. The van der Waals surface area contributed by atoms with E-state index < -0.39 is 10.0 Å². The predicted molar refractivity (Wildman–Crippen MR) is 83.4 cm³/mol. The topological polar surface area (TPSA) is 46.6 Å². The summed E-state index contributed by atoms with van der Waals surface area (Å²) in [7, 11) is -3.47.